The normalized spacial score (nSPS) is 23.1. The van der Waals surface area contributed by atoms with Crippen LogP contribution in [0.25, 0.3) is 10.4 Å². The Bertz CT molecular complexity index is 1150. The van der Waals surface area contributed by atoms with Crippen molar-refractivity contribution in [3.05, 3.63) is 52.9 Å². The molecule has 0 atom stereocenters. The van der Waals surface area contributed by atoms with E-state index in [1.54, 1.807) is 12.4 Å². The number of rotatable bonds is 6. The summed E-state index contributed by atoms with van der Waals surface area (Å²) in [6.45, 7) is 2.03. The molecule has 0 amide bonds. The van der Waals surface area contributed by atoms with Crippen molar-refractivity contribution in [1.82, 2.24) is 15.0 Å². The summed E-state index contributed by atoms with van der Waals surface area (Å²) < 4.78 is 0. The Morgan fingerprint density at radius 1 is 1.16 bits per heavy atom. The third-order valence-electron chi connectivity index (χ3n) is 6.42. The van der Waals surface area contributed by atoms with Gasteiger partial charge in [0.25, 0.3) is 0 Å². The van der Waals surface area contributed by atoms with Gasteiger partial charge < -0.3 is 15.5 Å². The highest BCUT2D eigenvalue weighted by Crippen LogP contribution is 2.43. The lowest BCUT2D eigenvalue weighted by Gasteiger charge is -2.33. The molecule has 32 heavy (non-hydrogen) atoms. The largest absolute Gasteiger partial charge is 0.481 e. The Balaban J connectivity index is 1.42. The van der Waals surface area contributed by atoms with Crippen molar-refractivity contribution in [3.8, 4) is 10.4 Å². The number of nitrogens with one attached hydrogen (secondary N) is 1. The molecule has 2 heterocycles. The molecule has 1 aromatic carbocycles. The molecule has 3 aromatic rings. The first-order valence-electron chi connectivity index (χ1n) is 11.0. The van der Waals surface area contributed by atoms with Crippen molar-refractivity contribution in [1.29, 1.82) is 0 Å². The number of carboxylic acids is 1. The molecule has 0 aliphatic heterocycles. The molecule has 7 nitrogen and oxygen atoms in total. The number of aliphatic carboxylic acids is 1. The Kier molecular flexibility index (Phi) is 5.43. The molecule has 2 aliphatic carbocycles. The smallest absolute Gasteiger partial charge is 0.316 e. The molecule has 0 bridgehead atoms. The molecule has 8 heteroatoms. The number of nitrogens with zero attached hydrogens (tertiary/aromatic N) is 3. The zero-order chi connectivity index (χ0) is 22.3. The fraction of sp³-hybridized carbons (Fsp3) is 0.417. The van der Waals surface area contributed by atoms with Crippen LogP contribution in [0.4, 0.5) is 11.6 Å². The summed E-state index contributed by atoms with van der Waals surface area (Å²) in [6, 6.07) is 8.11. The van der Waals surface area contributed by atoms with E-state index in [0.29, 0.717) is 42.6 Å². The summed E-state index contributed by atoms with van der Waals surface area (Å²) in [5.41, 5.74) is 3.01. The number of hydrogen-bond donors (Lipinski definition) is 3. The van der Waals surface area contributed by atoms with Gasteiger partial charge in [0.1, 0.15) is 10.4 Å². The number of carboxylic acid groups (broad SMARTS) is 1. The molecule has 3 N–H and O–H groups in total. The van der Waals surface area contributed by atoms with E-state index in [2.05, 4.69) is 26.3 Å². The number of aliphatic hydroxyl groups is 1. The molecular formula is C24H26N4O3S. The molecule has 0 radical (unpaired) electrons. The molecule has 2 aliphatic rings. The second kappa shape index (κ2) is 8.26. The first kappa shape index (κ1) is 21.0. The van der Waals surface area contributed by atoms with E-state index in [0.717, 1.165) is 27.4 Å². The Hall–Kier alpha value is -2.84. The number of aromatic nitrogens is 3. The number of carbonyl (C=O) groups is 1. The maximum Gasteiger partial charge on any atom is 0.316 e. The van der Waals surface area contributed by atoms with Crippen LogP contribution in [0, 0.1) is 6.92 Å². The van der Waals surface area contributed by atoms with E-state index in [1.165, 1.54) is 24.2 Å². The Morgan fingerprint density at radius 3 is 2.66 bits per heavy atom. The predicted octanol–water partition coefficient (Wildman–Crippen LogP) is 4.79. The molecule has 0 saturated heterocycles. The van der Waals surface area contributed by atoms with Crippen LogP contribution in [0.3, 0.4) is 0 Å². The van der Waals surface area contributed by atoms with E-state index < -0.39 is 17.5 Å². The van der Waals surface area contributed by atoms with Crippen LogP contribution in [-0.2, 0) is 10.2 Å². The van der Waals surface area contributed by atoms with Gasteiger partial charge in [0.2, 0.25) is 5.95 Å². The first-order chi connectivity index (χ1) is 15.4. The van der Waals surface area contributed by atoms with Crippen LogP contribution in [0.5, 0.6) is 0 Å². The van der Waals surface area contributed by atoms with Crippen LogP contribution in [0.1, 0.15) is 60.7 Å². The zero-order valence-electron chi connectivity index (χ0n) is 17.9. The summed E-state index contributed by atoms with van der Waals surface area (Å²) in [6.07, 6.45) is 7.30. The molecule has 166 valence electrons. The highest BCUT2D eigenvalue weighted by atomic mass is 32.1. The van der Waals surface area contributed by atoms with Gasteiger partial charge in [-0.15, -0.1) is 11.3 Å². The quantitative estimate of drug-likeness (QED) is 0.496. The Labute approximate surface area is 190 Å². The molecule has 2 aromatic heterocycles. The molecule has 0 unspecified atom stereocenters. The zero-order valence-corrected chi connectivity index (χ0v) is 18.7. The molecular weight excluding hydrogens is 424 g/mol. The van der Waals surface area contributed by atoms with Crippen LogP contribution >= 0.6 is 11.3 Å². The molecule has 0 spiro atoms. The minimum absolute atomic E-state index is 0.408. The van der Waals surface area contributed by atoms with Crippen molar-refractivity contribution in [3.63, 3.8) is 0 Å². The summed E-state index contributed by atoms with van der Waals surface area (Å²) in [4.78, 5) is 26.6. The van der Waals surface area contributed by atoms with Crippen LogP contribution < -0.4 is 5.32 Å². The number of hydrogen-bond acceptors (Lipinski definition) is 7. The van der Waals surface area contributed by atoms with Gasteiger partial charge in [-0.2, -0.15) is 0 Å². The van der Waals surface area contributed by atoms with E-state index >= 15 is 0 Å². The number of anilines is 2. The summed E-state index contributed by atoms with van der Waals surface area (Å²) in [7, 11) is 0. The fourth-order valence-electron chi connectivity index (χ4n) is 4.41. The SMILES string of the molecule is Cc1cc(Nc2nccc(C3CC3)n2)cc(-c2cnc(C3(C(=O)O)CCC(O)CC3)s2)c1. The lowest BCUT2D eigenvalue weighted by molar-refractivity contribution is -0.146. The highest BCUT2D eigenvalue weighted by molar-refractivity contribution is 7.15. The molecule has 2 saturated carbocycles. The first-order valence-corrected chi connectivity index (χ1v) is 11.8. The fourth-order valence-corrected chi connectivity index (χ4v) is 5.55. The highest BCUT2D eigenvalue weighted by Gasteiger charge is 2.45. The average molecular weight is 451 g/mol. The van der Waals surface area contributed by atoms with Crippen molar-refractivity contribution in [2.24, 2.45) is 0 Å². The topological polar surface area (TPSA) is 108 Å². The summed E-state index contributed by atoms with van der Waals surface area (Å²) >= 11 is 1.43. The van der Waals surface area contributed by atoms with Gasteiger partial charge in [0, 0.05) is 29.7 Å². The monoisotopic (exact) mass is 450 g/mol. The van der Waals surface area contributed by atoms with Gasteiger partial charge in [-0.3, -0.25) is 4.79 Å². The van der Waals surface area contributed by atoms with E-state index in [9.17, 15) is 15.0 Å². The second-order valence-corrected chi connectivity index (χ2v) is 9.97. The van der Waals surface area contributed by atoms with Crippen molar-refractivity contribution in [2.75, 3.05) is 5.32 Å². The van der Waals surface area contributed by atoms with Gasteiger partial charge in [-0.1, -0.05) is 6.07 Å². The van der Waals surface area contributed by atoms with Crippen LogP contribution in [0.15, 0.2) is 36.7 Å². The summed E-state index contributed by atoms with van der Waals surface area (Å²) in [5, 5.41) is 23.8. The second-order valence-electron chi connectivity index (χ2n) is 8.94. The van der Waals surface area contributed by atoms with Gasteiger partial charge in [-0.05, 0) is 74.8 Å². The van der Waals surface area contributed by atoms with Crippen LogP contribution in [-0.4, -0.2) is 37.2 Å². The van der Waals surface area contributed by atoms with E-state index in [-0.39, 0.29) is 0 Å². The van der Waals surface area contributed by atoms with Crippen molar-refractivity contribution < 1.29 is 15.0 Å². The molecule has 2 fully saturated rings. The maximum absolute atomic E-state index is 12.2. The Morgan fingerprint density at radius 2 is 1.94 bits per heavy atom. The third-order valence-corrected chi connectivity index (χ3v) is 7.67. The average Bonchev–Trinajstić information content (AvgIpc) is 3.50. The van der Waals surface area contributed by atoms with Crippen molar-refractivity contribution >= 4 is 28.9 Å². The van der Waals surface area contributed by atoms with Gasteiger partial charge >= 0.3 is 5.97 Å². The van der Waals surface area contributed by atoms with Crippen LogP contribution in [0.2, 0.25) is 0 Å². The van der Waals surface area contributed by atoms with Gasteiger partial charge in [0.05, 0.1) is 11.0 Å². The van der Waals surface area contributed by atoms with E-state index in [4.69, 9.17) is 0 Å². The predicted molar refractivity (Wildman–Crippen MR) is 123 cm³/mol. The van der Waals surface area contributed by atoms with Gasteiger partial charge in [-0.25, -0.2) is 15.0 Å². The van der Waals surface area contributed by atoms with Gasteiger partial charge in [0.15, 0.2) is 0 Å². The lowest BCUT2D eigenvalue weighted by Crippen LogP contribution is -2.40. The third kappa shape index (κ3) is 4.12. The van der Waals surface area contributed by atoms with Crippen molar-refractivity contribution in [2.45, 2.75) is 62.9 Å². The minimum Gasteiger partial charge on any atom is -0.481 e. The number of thiazole rings is 1. The maximum atomic E-state index is 12.2. The summed E-state index contributed by atoms with van der Waals surface area (Å²) in [5.74, 6) is 0.288. The number of aryl methyl sites for hydroxylation is 1. The van der Waals surface area contributed by atoms with E-state index in [1.807, 2.05) is 25.1 Å². The number of benzene rings is 1. The molecule has 5 rings (SSSR count). The number of aliphatic hydroxyl groups excluding tert-OH is 1. The standard InChI is InChI=1S/C24H26N4O3S/c1-14-10-16(12-17(11-14)27-23-25-9-6-19(28-23)15-2-3-15)20-13-26-21(32-20)24(22(30)31)7-4-18(29)5-8-24/h6,9-13,15,18,29H,2-5,7-8H2,1H3,(H,30,31)(H,25,27,28). The minimum atomic E-state index is -1.01. The lowest BCUT2D eigenvalue weighted by atomic mass is 9.73.